The highest BCUT2D eigenvalue weighted by molar-refractivity contribution is 6.16. The second-order valence-corrected chi connectivity index (χ2v) is 8.88. The summed E-state index contributed by atoms with van der Waals surface area (Å²) in [5.74, 6) is 0.0428. The third-order valence-corrected chi connectivity index (χ3v) is 7.03. The molecule has 3 aliphatic carbocycles. The lowest BCUT2D eigenvalue weighted by Crippen LogP contribution is -2.32. The Morgan fingerprint density at radius 1 is 0.750 bits per heavy atom. The van der Waals surface area contributed by atoms with Crippen LogP contribution in [0.5, 0.6) is 11.5 Å². The number of hydrogen-bond donors (Lipinski definition) is 3. The number of aliphatic imine (C=N–C) groups is 1. The van der Waals surface area contributed by atoms with E-state index in [4.69, 9.17) is 0 Å². The van der Waals surface area contributed by atoms with E-state index < -0.39 is 33.0 Å². The van der Waals surface area contributed by atoms with Gasteiger partial charge in [0.05, 0.1) is 33.7 Å². The first-order chi connectivity index (χ1) is 17.4. The van der Waals surface area contributed by atoms with Crippen LogP contribution in [0.25, 0.3) is 27.6 Å². The predicted octanol–water partition coefficient (Wildman–Crippen LogP) is 2.71. The molecule has 1 aliphatic heterocycles. The van der Waals surface area contributed by atoms with Gasteiger partial charge in [-0.1, -0.05) is 24.3 Å². The van der Waals surface area contributed by atoms with Crippen molar-refractivity contribution >= 4 is 44.7 Å². The van der Waals surface area contributed by atoms with E-state index in [-0.39, 0.29) is 33.2 Å². The molecular weight excluding hydrogens is 460 g/mol. The molecule has 3 aromatic carbocycles. The predicted molar refractivity (Wildman–Crippen MR) is 136 cm³/mol. The molecule has 172 valence electrons. The van der Waals surface area contributed by atoms with Gasteiger partial charge < -0.3 is 15.5 Å². The summed E-state index contributed by atoms with van der Waals surface area (Å²) < 4.78 is 0. The van der Waals surface area contributed by atoms with Crippen LogP contribution in [0.2, 0.25) is 0 Å². The zero-order valence-electron chi connectivity index (χ0n) is 18.3. The maximum absolute atomic E-state index is 13.4. The molecule has 0 radical (unpaired) electrons. The molecular formula is C28H14N2O6. The van der Waals surface area contributed by atoms with Gasteiger partial charge in [-0.15, -0.1) is 0 Å². The Morgan fingerprint density at radius 2 is 1.50 bits per heavy atom. The molecule has 7 rings (SSSR count). The zero-order chi connectivity index (χ0) is 24.9. The van der Waals surface area contributed by atoms with E-state index in [0.717, 1.165) is 6.07 Å². The van der Waals surface area contributed by atoms with Gasteiger partial charge in [-0.25, -0.2) is 4.99 Å². The van der Waals surface area contributed by atoms with Crippen LogP contribution in [0, 0.1) is 10.4 Å². The fraction of sp³-hybridized carbons (Fsp3) is 0.0357. The van der Waals surface area contributed by atoms with Crippen LogP contribution < -0.4 is 27.0 Å². The van der Waals surface area contributed by atoms with Gasteiger partial charge in [-0.05, 0) is 36.4 Å². The number of nitrogens with zero attached hydrogens (tertiary/aromatic N) is 1. The molecule has 0 bridgehead atoms. The number of phenols is 2. The first kappa shape index (κ1) is 20.3. The van der Waals surface area contributed by atoms with Crippen LogP contribution in [0.1, 0.15) is 17.2 Å². The van der Waals surface area contributed by atoms with Gasteiger partial charge in [0.2, 0.25) is 10.9 Å². The molecule has 0 spiro atoms. The maximum Gasteiger partial charge on any atom is 0.237 e. The van der Waals surface area contributed by atoms with Crippen LogP contribution in [0.4, 0.5) is 11.4 Å². The lowest BCUT2D eigenvalue weighted by molar-refractivity contribution is 0.462. The molecule has 0 aromatic heterocycles. The van der Waals surface area contributed by atoms with Gasteiger partial charge in [0.15, 0.2) is 10.9 Å². The molecule has 1 heterocycles. The minimum Gasteiger partial charge on any atom is -0.507 e. The second kappa shape index (κ2) is 6.73. The Hall–Kier alpha value is -5.11. The molecule has 3 N–H and O–H groups in total. The number of aromatic hydroxyl groups is 2. The van der Waals surface area contributed by atoms with Crippen LogP contribution in [0.15, 0.2) is 78.8 Å². The van der Waals surface area contributed by atoms with Crippen LogP contribution in [-0.4, -0.2) is 15.9 Å². The first-order valence-corrected chi connectivity index (χ1v) is 11.1. The van der Waals surface area contributed by atoms with E-state index in [1.165, 1.54) is 12.1 Å². The molecule has 36 heavy (non-hydrogen) atoms. The highest BCUT2D eigenvalue weighted by Crippen LogP contribution is 2.49. The maximum atomic E-state index is 13.4. The van der Waals surface area contributed by atoms with E-state index in [9.17, 15) is 29.4 Å². The summed E-state index contributed by atoms with van der Waals surface area (Å²) in [7, 11) is 0. The van der Waals surface area contributed by atoms with E-state index >= 15 is 0 Å². The molecule has 1 atom stereocenters. The fourth-order valence-electron chi connectivity index (χ4n) is 5.34. The highest BCUT2D eigenvalue weighted by atomic mass is 16.3. The minimum absolute atomic E-state index is 0.00484. The van der Waals surface area contributed by atoms with Crippen LogP contribution in [0.3, 0.4) is 0 Å². The third kappa shape index (κ3) is 2.39. The van der Waals surface area contributed by atoms with Crippen molar-refractivity contribution in [3.05, 3.63) is 117 Å². The zero-order valence-corrected chi connectivity index (χ0v) is 18.3. The molecule has 0 saturated heterocycles. The van der Waals surface area contributed by atoms with Crippen molar-refractivity contribution < 1.29 is 10.2 Å². The molecule has 0 amide bonds. The van der Waals surface area contributed by atoms with Crippen molar-refractivity contribution in [1.82, 2.24) is 0 Å². The summed E-state index contributed by atoms with van der Waals surface area (Å²) in [4.78, 5) is 55.4. The van der Waals surface area contributed by atoms with Gasteiger partial charge >= 0.3 is 0 Å². The number of benzene rings is 3. The molecule has 3 aromatic rings. The minimum atomic E-state index is -0.993. The SMILES string of the molecule is O=c1ccc2c(=O)c3c4c(ccc3c(=O)c=2c1=O)NC1C(=N4)C=Cc2c1c(O)c1ccccc1c2O. The van der Waals surface area contributed by atoms with E-state index in [1.807, 2.05) is 0 Å². The van der Waals surface area contributed by atoms with Crippen molar-refractivity contribution in [3.63, 3.8) is 0 Å². The van der Waals surface area contributed by atoms with Crippen LogP contribution >= 0.6 is 0 Å². The average molecular weight is 474 g/mol. The van der Waals surface area contributed by atoms with Crippen molar-refractivity contribution in [1.29, 1.82) is 0 Å². The van der Waals surface area contributed by atoms with Crippen molar-refractivity contribution in [2.75, 3.05) is 5.32 Å². The van der Waals surface area contributed by atoms with Gasteiger partial charge in [-0.2, -0.15) is 0 Å². The summed E-state index contributed by atoms with van der Waals surface area (Å²) in [6.07, 6.45) is 3.33. The molecule has 1 unspecified atom stereocenters. The van der Waals surface area contributed by atoms with Gasteiger partial charge in [-0.3, -0.25) is 19.2 Å². The highest BCUT2D eigenvalue weighted by Gasteiger charge is 2.33. The Kier molecular flexibility index (Phi) is 3.79. The van der Waals surface area contributed by atoms with Gasteiger partial charge in [0.25, 0.3) is 0 Å². The number of nitrogens with one attached hydrogen (secondary N) is 1. The number of rotatable bonds is 0. The lowest BCUT2D eigenvalue weighted by Gasteiger charge is -2.31. The summed E-state index contributed by atoms with van der Waals surface area (Å²) >= 11 is 0. The molecule has 0 fully saturated rings. The number of fused-ring (bicyclic) bond motifs is 7. The quantitative estimate of drug-likeness (QED) is 0.232. The van der Waals surface area contributed by atoms with Crippen molar-refractivity contribution in [2.45, 2.75) is 6.04 Å². The Bertz CT molecular complexity index is 2190. The van der Waals surface area contributed by atoms with Gasteiger partial charge in [0, 0.05) is 32.5 Å². The summed E-state index contributed by atoms with van der Waals surface area (Å²) in [6.45, 7) is 0. The smallest absolute Gasteiger partial charge is 0.237 e. The average Bonchev–Trinajstić information content (AvgIpc) is 2.89. The summed E-state index contributed by atoms with van der Waals surface area (Å²) in [5.41, 5.74) is -1.03. The van der Waals surface area contributed by atoms with E-state index in [1.54, 1.807) is 42.5 Å². The summed E-state index contributed by atoms with van der Waals surface area (Å²) in [6, 6.07) is 11.6. The van der Waals surface area contributed by atoms with E-state index in [2.05, 4.69) is 10.3 Å². The van der Waals surface area contributed by atoms with Crippen molar-refractivity contribution in [2.24, 2.45) is 4.99 Å². The Morgan fingerprint density at radius 3 is 2.28 bits per heavy atom. The summed E-state index contributed by atoms with van der Waals surface area (Å²) in [5, 5.41) is 25.9. The molecule has 8 nitrogen and oxygen atoms in total. The number of hydrogen-bond acceptors (Lipinski definition) is 8. The first-order valence-electron chi connectivity index (χ1n) is 11.1. The molecule has 4 aliphatic rings. The molecule has 0 saturated carbocycles. The largest absolute Gasteiger partial charge is 0.507 e. The fourth-order valence-corrected chi connectivity index (χ4v) is 5.34. The Balaban J connectivity index is 1.55. The standard InChI is InChI=1S/C28H14N2O6/c31-18-10-7-15-21(28(18)36)27(35)14-6-9-17-23(20(14)26(15)34)30-16-8-5-13-19(22(16)29-17)25(33)12-4-2-1-3-11(12)24(13)32/h1-10,22,29,32-33H. The van der Waals surface area contributed by atoms with Crippen molar-refractivity contribution in [3.8, 4) is 11.5 Å². The normalized spacial score (nSPS) is 15.9. The number of anilines is 1. The monoisotopic (exact) mass is 474 g/mol. The van der Waals surface area contributed by atoms with Gasteiger partial charge in [0.1, 0.15) is 11.5 Å². The third-order valence-electron chi connectivity index (χ3n) is 7.03. The lowest BCUT2D eigenvalue weighted by atomic mass is 9.85. The molecule has 8 heteroatoms. The van der Waals surface area contributed by atoms with Crippen LogP contribution in [-0.2, 0) is 0 Å². The number of phenolic OH excluding ortho intramolecular Hbond substituents is 2. The van der Waals surface area contributed by atoms with E-state index in [0.29, 0.717) is 33.3 Å². The Labute approximate surface area is 200 Å². The second-order valence-electron chi connectivity index (χ2n) is 8.88. The topological polar surface area (TPSA) is 133 Å².